The van der Waals surface area contributed by atoms with Crippen LogP contribution in [-0.2, 0) is 5.41 Å². The Balaban J connectivity index is 1.51. The fourth-order valence-electron chi connectivity index (χ4n) is 7.41. The Morgan fingerprint density at radius 3 is 2.20 bits per heavy atom. The lowest BCUT2D eigenvalue weighted by Gasteiger charge is -2.29. The van der Waals surface area contributed by atoms with E-state index in [1.807, 2.05) is 54.6 Å². The number of hydrogen-bond donors (Lipinski definition) is 0. The van der Waals surface area contributed by atoms with Crippen LogP contribution in [0.4, 0.5) is 0 Å². The van der Waals surface area contributed by atoms with E-state index in [1.54, 1.807) is 12.1 Å². The van der Waals surface area contributed by atoms with Crippen LogP contribution in [0.1, 0.15) is 37.0 Å². The molecule has 238 valence electrons. The normalized spacial score (nSPS) is 15.4. The van der Waals surface area contributed by atoms with E-state index < -0.39 is 0 Å². The Labute approximate surface area is 289 Å². The molecule has 0 unspecified atom stereocenters. The molecule has 0 aliphatic heterocycles. The number of para-hydroxylation sites is 2. The lowest BCUT2D eigenvalue weighted by Crippen LogP contribution is -2.20. The molecule has 0 fully saturated rings. The van der Waals surface area contributed by atoms with E-state index in [9.17, 15) is 5.26 Å². The average Bonchev–Trinajstić information content (AvgIpc) is 3.71. The summed E-state index contributed by atoms with van der Waals surface area (Å²) in [6, 6.07) is 36.3. The molecule has 1 aliphatic carbocycles. The maximum atomic E-state index is 9.49. The second-order valence-corrected chi connectivity index (χ2v) is 13.4. The van der Waals surface area contributed by atoms with Crippen molar-refractivity contribution in [1.29, 1.82) is 5.26 Å². The van der Waals surface area contributed by atoms with Gasteiger partial charge in [0.1, 0.15) is 11.2 Å². The first-order valence-corrected chi connectivity index (χ1v) is 16.7. The third-order valence-corrected chi connectivity index (χ3v) is 9.73. The molecule has 6 nitrogen and oxygen atoms in total. The van der Waals surface area contributed by atoms with Crippen molar-refractivity contribution >= 4 is 49.3 Å². The summed E-state index contributed by atoms with van der Waals surface area (Å²) < 4.78 is 9.02. The molecule has 8 aromatic rings. The lowest BCUT2D eigenvalue weighted by atomic mass is 9.76. The van der Waals surface area contributed by atoms with Gasteiger partial charge in [0, 0.05) is 38.2 Å². The highest BCUT2D eigenvalue weighted by molar-refractivity contribution is 6.30. The van der Waals surface area contributed by atoms with Gasteiger partial charge in [-0.1, -0.05) is 111 Å². The Morgan fingerprint density at radius 1 is 0.760 bits per heavy atom. The Hall–Kier alpha value is -6.58. The largest absolute Gasteiger partial charge is 0.455 e. The van der Waals surface area contributed by atoms with Crippen LogP contribution < -0.4 is 0 Å². The Bertz CT molecular complexity index is 2770. The summed E-state index contributed by atoms with van der Waals surface area (Å²) in [6.07, 6.45) is 9.25. The Kier molecular flexibility index (Phi) is 6.65. The first-order valence-electron chi connectivity index (χ1n) is 16.7. The zero-order valence-corrected chi connectivity index (χ0v) is 27.7. The number of benzene rings is 5. The van der Waals surface area contributed by atoms with Gasteiger partial charge in [0.05, 0.1) is 22.7 Å². The molecule has 0 radical (unpaired) electrons. The van der Waals surface area contributed by atoms with E-state index in [-0.39, 0.29) is 5.41 Å². The van der Waals surface area contributed by atoms with Crippen molar-refractivity contribution in [3.05, 3.63) is 151 Å². The second kappa shape index (κ2) is 11.3. The molecule has 0 N–H and O–H groups in total. The smallest absolute Gasteiger partial charge is 0.238 e. The number of nitriles is 1. The molecule has 9 rings (SSSR count). The standard InChI is InChI=1S/C44H31N5O/c1-27-14-6-5-13-25-44(2,3)38-35(27)40-37(32-18-10-12-20-34(32)50-40)36-31-17-9-11-19-33(31)49(39(36)38)43-47-41(29-15-7-4-8-16-29)46-42(48-43)30-23-21-28(26-45)22-24-30/h4-24H,1,25H2,2-3H3/b13-5-,14-6-. The summed E-state index contributed by atoms with van der Waals surface area (Å²) in [5, 5.41) is 13.7. The second-order valence-electron chi connectivity index (χ2n) is 13.4. The van der Waals surface area contributed by atoms with E-state index in [0.717, 1.165) is 78.0 Å². The van der Waals surface area contributed by atoms with E-state index >= 15 is 0 Å². The van der Waals surface area contributed by atoms with E-state index in [0.29, 0.717) is 23.2 Å². The molecule has 1 aliphatic rings. The zero-order valence-electron chi connectivity index (χ0n) is 27.7. The van der Waals surface area contributed by atoms with Gasteiger partial charge in [-0.2, -0.15) is 15.2 Å². The fourth-order valence-corrected chi connectivity index (χ4v) is 7.41. The minimum Gasteiger partial charge on any atom is -0.455 e. The van der Waals surface area contributed by atoms with Crippen LogP contribution in [0, 0.1) is 11.3 Å². The van der Waals surface area contributed by atoms with E-state index in [4.69, 9.17) is 19.4 Å². The number of furan rings is 1. The monoisotopic (exact) mass is 645 g/mol. The highest BCUT2D eigenvalue weighted by Gasteiger charge is 2.34. The van der Waals surface area contributed by atoms with Crippen molar-refractivity contribution in [2.75, 3.05) is 0 Å². The number of aromatic nitrogens is 4. The van der Waals surface area contributed by atoms with Gasteiger partial charge in [-0.25, -0.2) is 4.98 Å². The molecule has 0 saturated heterocycles. The number of nitrogens with zero attached hydrogens (tertiary/aromatic N) is 5. The molecule has 6 heteroatoms. The lowest BCUT2D eigenvalue weighted by molar-refractivity contribution is 0.535. The predicted octanol–water partition coefficient (Wildman–Crippen LogP) is 10.9. The van der Waals surface area contributed by atoms with Gasteiger partial charge in [-0.05, 0) is 59.4 Å². The molecule has 0 bridgehead atoms. The minimum absolute atomic E-state index is 0.344. The van der Waals surface area contributed by atoms with Gasteiger partial charge in [-0.15, -0.1) is 0 Å². The molecular weight excluding hydrogens is 615 g/mol. The van der Waals surface area contributed by atoms with Gasteiger partial charge >= 0.3 is 0 Å². The molecule has 3 aromatic heterocycles. The van der Waals surface area contributed by atoms with Gasteiger partial charge in [-0.3, -0.25) is 4.57 Å². The summed E-state index contributed by atoms with van der Waals surface area (Å²) in [5.74, 6) is 1.59. The van der Waals surface area contributed by atoms with Crippen molar-refractivity contribution in [3.8, 4) is 34.8 Å². The molecular formula is C44H31N5O. The summed E-state index contributed by atoms with van der Waals surface area (Å²) in [4.78, 5) is 15.4. The Morgan fingerprint density at radius 2 is 1.44 bits per heavy atom. The van der Waals surface area contributed by atoms with Gasteiger partial charge in [0.15, 0.2) is 11.6 Å². The summed E-state index contributed by atoms with van der Waals surface area (Å²) >= 11 is 0. The van der Waals surface area contributed by atoms with Gasteiger partial charge in [0.25, 0.3) is 0 Å². The van der Waals surface area contributed by atoms with Crippen molar-refractivity contribution in [1.82, 2.24) is 19.5 Å². The quantitative estimate of drug-likeness (QED) is 0.191. The van der Waals surface area contributed by atoms with Crippen molar-refractivity contribution in [2.24, 2.45) is 0 Å². The highest BCUT2D eigenvalue weighted by atomic mass is 16.3. The van der Waals surface area contributed by atoms with Crippen LogP contribution in [0.15, 0.2) is 138 Å². The van der Waals surface area contributed by atoms with E-state index in [2.05, 4.69) is 91.8 Å². The van der Waals surface area contributed by atoms with Crippen molar-refractivity contribution < 1.29 is 4.42 Å². The van der Waals surface area contributed by atoms with Gasteiger partial charge in [0.2, 0.25) is 5.95 Å². The number of rotatable bonds is 3. The molecule has 50 heavy (non-hydrogen) atoms. The number of hydrogen-bond acceptors (Lipinski definition) is 5. The third kappa shape index (κ3) is 4.52. The SMILES string of the molecule is C=C1/C=C\C=C/CC(C)(C)c2c1c1oc3ccccc3c1c1c3ccccc3n(-c3nc(-c4ccccc4)nc(-c4ccc(C#N)cc4)n3)c21. The molecule has 0 spiro atoms. The van der Waals surface area contributed by atoms with Crippen LogP contribution in [0.25, 0.3) is 78.0 Å². The van der Waals surface area contributed by atoms with Crippen LogP contribution in [-0.4, -0.2) is 19.5 Å². The minimum atomic E-state index is -0.344. The summed E-state index contributed by atoms with van der Waals surface area (Å²) in [7, 11) is 0. The van der Waals surface area contributed by atoms with Crippen LogP contribution >= 0.6 is 0 Å². The highest BCUT2D eigenvalue weighted by Crippen LogP contribution is 2.50. The molecule has 0 saturated carbocycles. The first kappa shape index (κ1) is 29.6. The first-order chi connectivity index (χ1) is 24.4. The van der Waals surface area contributed by atoms with Crippen molar-refractivity contribution in [2.45, 2.75) is 25.7 Å². The predicted molar refractivity (Wildman–Crippen MR) is 202 cm³/mol. The molecule has 5 aromatic carbocycles. The van der Waals surface area contributed by atoms with Crippen LogP contribution in [0.2, 0.25) is 0 Å². The zero-order chi connectivity index (χ0) is 34.0. The van der Waals surface area contributed by atoms with Crippen LogP contribution in [0.5, 0.6) is 0 Å². The topological polar surface area (TPSA) is 80.5 Å². The maximum Gasteiger partial charge on any atom is 0.238 e. The van der Waals surface area contributed by atoms with E-state index in [1.165, 1.54) is 0 Å². The number of allylic oxidation sites excluding steroid dienone is 5. The van der Waals surface area contributed by atoms with Gasteiger partial charge < -0.3 is 4.42 Å². The maximum absolute atomic E-state index is 9.49. The molecule has 0 amide bonds. The van der Waals surface area contributed by atoms with Crippen molar-refractivity contribution in [3.63, 3.8) is 0 Å². The summed E-state index contributed by atoms with van der Waals surface area (Å²) in [6.45, 7) is 9.19. The number of fused-ring (bicyclic) bond motifs is 10. The molecule has 3 heterocycles. The van der Waals surface area contributed by atoms with Crippen LogP contribution in [0.3, 0.4) is 0 Å². The summed E-state index contributed by atoms with van der Waals surface area (Å²) in [5.41, 5.74) is 8.56. The third-order valence-electron chi connectivity index (χ3n) is 9.73. The fraction of sp³-hybridized carbons (Fsp3) is 0.0909. The average molecular weight is 646 g/mol. The molecule has 0 atom stereocenters.